The number of thiophene rings is 1. The molecule has 1 aliphatic carbocycles. The first-order valence-electron chi connectivity index (χ1n) is 9.18. The average Bonchev–Trinajstić information content (AvgIpc) is 3.09. The number of hydrogen-bond acceptors (Lipinski definition) is 5. The molecular formula is C21H23NO4S. The summed E-state index contributed by atoms with van der Waals surface area (Å²) in [6, 6.07) is 8.47. The quantitative estimate of drug-likeness (QED) is 0.596. The molecule has 1 aromatic heterocycles. The van der Waals surface area contributed by atoms with Crippen molar-refractivity contribution in [3.8, 4) is 0 Å². The monoisotopic (exact) mass is 385 g/mol. The number of fused-ring (bicyclic) bond motifs is 1. The predicted molar refractivity (Wildman–Crippen MR) is 105 cm³/mol. The fourth-order valence-electron chi connectivity index (χ4n) is 3.08. The molecule has 0 bridgehead atoms. The van der Waals surface area contributed by atoms with Crippen LogP contribution in [0.3, 0.4) is 0 Å². The van der Waals surface area contributed by atoms with E-state index in [1.165, 1.54) is 21.8 Å². The van der Waals surface area contributed by atoms with Gasteiger partial charge in [-0.15, -0.1) is 11.3 Å². The third kappa shape index (κ3) is 4.83. The number of hydrogen-bond donors (Lipinski definition) is 1. The van der Waals surface area contributed by atoms with Crippen molar-refractivity contribution in [1.29, 1.82) is 0 Å². The molecule has 1 atom stereocenters. The molecule has 1 aliphatic rings. The third-order valence-corrected chi connectivity index (χ3v) is 5.89. The molecule has 0 saturated carbocycles. The summed E-state index contributed by atoms with van der Waals surface area (Å²) >= 11 is 1.48. The van der Waals surface area contributed by atoms with Crippen LogP contribution in [0.4, 0.5) is 5.69 Å². The summed E-state index contributed by atoms with van der Waals surface area (Å²) in [6.07, 6.45) is 3.55. The highest BCUT2D eigenvalue weighted by Gasteiger charge is 2.22. The van der Waals surface area contributed by atoms with Gasteiger partial charge in [-0.1, -0.05) is 13.8 Å². The first-order valence-corrected chi connectivity index (χ1v) is 9.99. The molecule has 0 unspecified atom stereocenters. The maximum Gasteiger partial charge on any atom is 0.348 e. The summed E-state index contributed by atoms with van der Waals surface area (Å²) in [4.78, 5) is 37.7. The number of ketones is 1. The number of rotatable bonds is 6. The van der Waals surface area contributed by atoms with Gasteiger partial charge < -0.3 is 10.1 Å². The maximum atomic E-state index is 12.3. The van der Waals surface area contributed by atoms with Crippen LogP contribution in [0.1, 0.15) is 57.2 Å². The highest BCUT2D eigenvalue weighted by atomic mass is 32.1. The summed E-state index contributed by atoms with van der Waals surface area (Å²) in [5.74, 6) is -0.160. The van der Waals surface area contributed by atoms with Gasteiger partial charge in [0, 0.05) is 22.5 Å². The van der Waals surface area contributed by atoms with Crippen molar-refractivity contribution in [3.05, 3.63) is 51.2 Å². The summed E-state index contributed by atoms with van der Waals surface area (Å²) in [5, 5.41) is 2.72. The van der Waals surface area contributed by atoms with Crippen LogP contribution in [0.2, 0.25) is 0 Å². The van der Waals surface area contributed by atoms with Crippen LogP contribution >= 0.6 is 11.3 Å². The minimum atomic E-state index is -0.442. The summed E-state index contributed by atoms with van der Waals surface area (Å²) in [7, 11) is 0. The highest BCUT2D eigenvalue weighted by molar-refractivity contribution is 7.14. The molecule has 0 aliphatic heterocycles. The van der Waals surface area contributed by atoms with Gasteiger partial charge in [-0.3, -0.25) is 9.59 Å². The number of benzene rings is 1. The SMILES string of the molecule is CCC(=O)Nc1ccc(C(=O)COC(=O)c2cc3c(s2)CC[C@H](C)C3)cc1. The lowest BCUT2D eigenvalue weighted by Crippen LogP contribution is -2.14. The van der Waals surface area contributed by atoms with Crippen molar-refractivity contribution in [2.75, 3.05) is 11.9 Å². The molecule has 2 aromatic rings. The Morgan fingerprint density at radius 3 is 2.67 bits per heavy atom. The number of carbonyl (C=O) groups excluding carboxylic acids is 3. The molecule has 0 saturated heterocycles. The first-order chi connectivity index (χ1) is 13.0. The molecule has 0 spiro atoms. The molecule has 1 amide bonds. The van der Waals surface area contributed by atoms with E-state index < -0.39 is 5.97 Å². The fraction of sp³-hybridized carbons (Fsp3) is 0.381. The van der Waals surface area contributed by atoms with Crippen molar-refractivity contribution in [2.45, 2.75) is 39.5 Å². The Bertz CT molecular complexity index is 854. The van der Waals surface area contributed by atoms with Gasteiger partial charge in [0.2, 0.25) is 5.91 Å². The van der Waals surface area contributed by atoms with E-state index in [0.717, 1.165) is 19.3 Å². The second-order valence-corrected chi connectivity index (χ2v) is 8.02. The Balaban J connectivity index is 1.56. The van der Waals surface area contributed by atoms with Gasteiger partial charge >= 0.3 is 5.97 Å². The molecular weight excluding hydrogens is 362 g/mol. The number of carbonyl (C=O) groups is 3. The van der Waals surface area contributed by atoms with Crippen molar-refractivity contribution in [1.82, 2.24) is 0 Å². The number of amides is 1. The Labute approximate surface area is 162 Å². The van der Waals surface area contributed by atoms with E-state index in [2.05, 4.69) is 12.2 Å². The van der Waals surface area contributed by atoms with Gasteiger partial charge in [-0.05, 0) is 61.1 Å². The molecule has 3 rings (SSSR count). The number of anilines is 1. The van der Waals surface area contributed by atoms with E-state index >= 15 is 0 Å². The maximum absolute atomic E-state index is 12.3. The Morgan fingerprint density at radius 1 is 1.22 bits per heavy atom. The second-order valence-electron chi connectivity index (χ2n) is 6.89. The fourth-order valence-corrected chi connectivity index (χ4v) is 4.18. The lowest BCUT2D eigenvalue weighted by molar-refractivity contribution is -0.115. The van der Waals surface area contributed by atoms with Gasteiger partial charge in [0.25, 0.3) is 0 Å². The largest absolute Gasteiger partial charge is 0.453 e. The predicted octanol–water partition coefficient (Wildman–Crippen LogP) is 4.26. The van der Waals surface area contributed by atoms with Crippen molar-refractivity contribution in [2.24, 2.45) is 5.92 Å². The smallest absolute Gasteiger partial charge is 0.348 e. The van der Waals surface area contributed by atoms with Crippen LogP contribution in [-0.2, 0) is 22.4 Å². The lowest BCUT2D eigenvalue weighted by atomic mass is 9.90. The summed E-state index contributed by atoms with van der Waals surface area (Å²) < 4.78 is 5.21. The van der Waals surface area contributed by atoms with Crippen molar-refractivity contribution < 1.29 is 19.1 Å². The van der Waals surface area contributed by atoms with E-state index in [4.69, 9.17) is 4.74 Å². The molecule has 142 valence electrons. The Kier molecular flexibility index (Phi) is 6.06. The van der Waals surface area contributed by atoms with Crippen LogP contribution in [0, 0.1) is 5.92 Å². The lowest BCUT2D eigenvalue weighted by Gasteiger charge is -2.16. The summed E-state index contributed by atoms with van der Waals surface area (Å²) in [6.45, 7) is 3.70. The van der Waals surface area contributed by atoms with Gasteiger partial charge in [-0.25, -0.2) is 4.79 Å². The minimum absolute atomic E-state index is 0.0870. The second kappa shape index (κ2) is 8.48. The normalized spacial score (nSPS) is 15.7. The van der Waals surface area contributed by atoms with Crippen LogP contribution < -0.4 is 5.32 Å². The minimum Gasteiger partial charge on any atom is -0.453 e. The molecule has 5 nitrogen and oxygen atoms in total. The standard InChI is InChI=1S/C21H23NO4S/c1-3-20(24)22-16-7-5-14(6-8-16)17(23)12-26-21(25)19-11-15-10-13(2)4-9-18(15)27-19/h5-8,11,13H,3-4,9-10,12H2,1-2H3,(H,22,24)/t13-/m0/s1. The zero-order valence-electron chi connectivity index (χ0n) is 15.5. The molecule has 1 heterocycles. The Morgan fingerprint density at radius 2 is 1.96 bits per heavy atom. The molecule has 27 heavy (non-hydrogen) atoms. The van der Waals surface area contributed by atoms with Gasteiger partial charge in [0.15, 0.2) is 12.4 Å². The van der Waals surface area contributed by atoms with Crippen LogP contribution in [0.15, 0.2) is 30.3 Å². The van der Waals surface area contributed by atoms with E-state index in [1.807, 2.05) is 6.07 Å². The molecule has 0 fully saturated rings. The number of esters is 1. The average molecular weight is 385 g/mol. The highest BCUT2D eigenvalue weighted by Crippen LogP contribution is 2.32. The number of Topliss-reactive ketones (excluding diaryl/α,β-unsaturated/α-hetero) is 1. The van der Waals surface area contributed by atoms with Crippen molar-refractivity contribution in [3.63, 3.8) is 0 Å². The molecule has 1 N–H and O–H groups in total. The first kappa shape index (κ1) is 19.3. The van der Waals surface area contributed by atoms with E-state index in [1.54, 1.807) is 31.2 Å². The van der Waals surface area contributed by atoms with Gasteiger partial charge in [0.05, 0.1) is 0 Å². The number of ether oxygens (including phenoxy) is 1. The van der Waals surface area contributed by atoms with Crippen LogP contribution in [0.25, 0.3) is 0 Å². The topological polar surface area (TPSA) is 72.5 Å². The zero-order valence-corrected chi connectivity index (χ0v) is 16.4. The van der Waals surface area contributed by atoms with Gasteiger partial charge in [-0.2, -0.15) is 0 Å². The third-order valence-electron chi connectivity index (χ3n) is 4.68. The van der Waals surface area contributed by atoms with Crippen molar-refractivity contribution >= 4 is 34.7 Å². The van der Waals surface area contributed by atoms with E-state index in [0.29, 0.717) is 28.5 Å². The Hall–Kier alpha value is -2.47. The van der Waals surface area contributed by atoms with Crippen LogP contribution in [0.5, 0.6) is 0 Å². The number of nitrogens with one attached hydrogen (secondary N) is 1. The van der Waals surface area contributed by atoms with E-state index in [9.17, 15) is 14.4 Å². The molecule has 6 heteroatoms. The molecule has 1 aromatic carbocycles. The summed E-state index contributed by atoms with van der Waals surface area (Å²) in [5.41, 5.74) is 2.31. The van der Waals surface area contributed by atoms with Crippen LogP contribution in [-0.4, -0.2) is 24.3 Å². The van der Waals surface area contributed by atoms with E-state index in [-0.39, 0.29) is 18.3 Å². The number of aryl methyl sites for hydroxylation is 1. The molecule has 0 radical (unpaired) electrons. The van der Waals surface area contributed by atoms with Gasteiger partial charge in [0.1, 0.15) is 4.88 Å². The zero-order chi connectivity index (χ0) is 19.4.